The molecule has 0 aliphatic heterocycles. The third-order valence-corrected chi connectivity index (χ3v) is 3.11. The second-order valence-corrected chi connectivity index (χ2v) is 5.65. The van der Waals surface area contributed by atoms with Crippen molar-refractivity contribution in [2.24, 2.45) is 5.92 Å². The van der Waals surface area contributed by atoms with Crippen molar-refractivity contribution in [3.8, 4) is 0 Å². The van der Waals surface area contributed by atoms with Gasteiger partial charge in [-0.05, 0) is 26.9 Å². The minimum absolute atomic E-state index is 0.387. The van der Waals surface area contributed by atoms with Crippen LogP contribution in [0.4, 0.5) is 5.95 Å². The molecule has 0 saturated carbocycles. The first-order chi connectivity index (χ1) is 8.93. The van der Waals surface area contributed by atoms with Crippen molar-refractivity contribution >= 4 is 5.95 Å². The number of nitrogens with one attached hydrogen (secondary N) is 1. The van der Waals surface area contributed by atoms with Crippen molar-refractivity contribution in [3.05, 3.63) is 11.9 Å². The lowest BCUT2D eigenvalue weighted by Crippen LogP contribution is -2.37. The van der Waals surface area contributed by atoms with Gasteiger partial charge in [0.15, 0.2) is 0 Å². The molecule has 1 rings (SSSR count). The number of imidazole rings is 1. The highest BCUT2D eigenvalue weighted by atomic mass is 16.5. The van der Waals surface area contributed by atoms with Crippen LogP contribution in [0.2, 0.25) is 0 Å². The molecule has 0 radical (unpaired) electrons. The summed E-state index contributed by atoms with van der Waals surface area (Å²) in [5.41, 5.74) is 1.03. The standard InChI is InChI=1S/C14H28N4O/c1-11(2)13(10-17(4)5)16-14-15-12(3)9-18(14)7-8-19-6/h9,11,13H,7-8,10H2,1-6H3,(H,15,16). The van der Waals surface area contributed by atoms with Crippen LogP contribution in [0, 0.1) is 12.8 Å². The topological polar surface area (TPSA) is 42.3 Å². The van der Waals surface area contributed by atoms with Crippen LogP contribution in [0.1, 0.15) is 19.5 Å². The molecule has 0 aromatic carbocycles. The number of ether oxygens (including phenoxy) is 1. The predicted octanol–water partition coefficient (Wildman–Crippen LogP) is 1.84. The van der Waals surface area contributed by atoms with E-state index < -0.39 is 0 Å². The number of methoxy groups -OCH3 is 1. The van der Waals surface area contributed by atoms with Crippen LogP contribution in [-0.4, -0.2) is 54.8 Å². The average molecular weight is 268 g/mol. The molecule has 5 nitrogen and oxygen atoms in total. The summed E-state index contributed by atoms with van der Waals surface area (Å²) in [7, 11) is 5.92. The molecule has 1 unspecified atom stereocenters. The van der Waals surface area contributed by atoms with Crippen molar-refractivity contribution in [1.82, 2.24) is 14.5 Å². The highest BCUT2D eigenvalue weighted by Gasteiger charge is 2.17. The van der Waals surface area contributed by atoms with Crippen LogP contribution in [0.5, 0.6) is 0 Å². The summed E-state index contributed by atoms with van der Waals surface area (Å²) in [5.74, 6) is 1.49. The molecule has 1 heterocycles. The third kappa shape index (κ3) is 5.20. The van der Waals surface area contributed by atoms with E-state index in [-0.39, 0.29) is 0 Å². The van der Waals surface area contributed by atoms with E-state index in [2.05, 4.69) is 53.9 Å². The van der Waals surface area contributed by atoms with Crippen molar-refractivity contribution in [3.63, 3.8) is 0 Å². The maximum absolute atomic E-state index is 5.14. The van der Waals surface area contributed by atoms with Gasteiger partial charge in [0, 0.05) is 32.4 Å². The fourth-order valence-electron chi connectivity index (χ4n) is 2.00. The summed E-state index contributed by atoms with van der Waals surface area (Å²) in [6.45, 7) is 9.00. The molecule has 5 heteroatoms. The molecule has 1 N–H and O–H groups in total. The molecule has 0 aliphatic carbocycles. The van der Waals surface area contributed by atoms with E-state index in [0.29, 0.717) is 18.6 Å². The van der Waals surface area contributed by atoms with Gasteiger partial charge in [0.05, 0.1) is 12.3 Å². The Morgan fingerprint density at radius 1 is 1.42 bits per heavy atom. The van der Waals surface area contributed by atoms with Crippen LogP contribution in [-0.2, 0) is 11.3 Å². The second-order valence-electron chi connectivity index (χ2n) is 5.65. The maximum atomic E-state index is 5.14. The Balaban J connectivity index is 2.77. The maximum Gasteiger partial charge on any atom is 0.203 e. The fraction of sp³-hybridized carbons (Fsp3) is 0.786. The van der Waals surface area contributed by atoms with Crippen molar-refractivity contribution in [2.75, 3.05) is 39.7 Å². The summed E-state index contributed by atoms with van der Waals surface area (Å²) >= 11 is 0. The number of aromatic nitrogens is 2. The van der Waals surface area contributed by atoms with Gasteiger partial charge >= 0.3 is 0 Å². The van der Waals surface area contributed by atoms with E-state index in [1.165, 1.54) is 0 Å². The van der Waals surface area contributed by atoms with Gasteiger partial charge < -0.3 is 19.5 Å². The Morgan fingerprint density at radius 2 is 2.11 bits per heavy atom. The molecule has 1 atom stereocenters. The van der Waals surface area contributed by atoms with Crippen LogP contribution < -0.4 is 5.32 Å². The summed E-state index contributed by atoms with van der Waals surface area (Å²) in [6.07, 6.45) is 2.06. The molecule has 0 amide bonds. The van der Waals surface area contributed by atoms with Gasteiger partial charge in [-0.15, -0.1) is 0 Å². The summed E-state index contributed by atoms with van der Waals surface area (Å²) < 4.78 is 7.27. The van der Waals surface area contributed by atoms with Crippen molar-refractivity contribution in [1.29, 1.82) is 0 Å². The number of nitrogens with zero attached hydrogens (tertiary/aromatic N) is 3. The number of rotatable bonds is 8. The first kappa shape index (κ1) is 16.0. The molecule has 19 heavy (non-hydrogen) atoms. The molecule has 0 spiro atoms. The van der Waals surface area contributed by atoms with Gasteiger partial charge in [-0.2, -0.15) is 0 Å². The Morgan fingerprint density at radius 3 is 2.63 bits per heavy atom. The highest BCUT2D eigenvalue weighted by Crippen LogP contribution is 2.14. The highest BCUT2D eigenvalue weighted by molar-refractivity contribution is 5.30. The van der Waals surface area contributed by atoms with E-state index in [1.54, 1.807) is 7.11 Å². The van der Waals surface area contributed by atoms with Gasteiger partial charge in [-0.3, -0.25) is 0 Å². The number of hydrogen-bond acceptors (Lipinski definition) is 4. The Labute approximate surface area is 117 Å². The molecular formula is C14H28N4O. The molecule has 1 aromatic heterocycles. The summed E-state index contributed by atoms with van der Waals surface area (Å²) in [6, 6.07) is 0.387. The van der Waals surface area contributed by atoms with E-state index in [0.717, 1.165) is 24.7 Å². The lowest BCUT2D eigenvalue weighted by Gasteiger charge is -2.26. The van der Waals surface area contributed by atoms with E-state index in [4.69, 9.17) is 4.74 Å². The van der Waals surface area contributed by atoms with Gasteiger partial charge in [0.25, 0.3) is 0 Å². The lowest BCUT2D eigenvalue weighted by molar-refractivity contribution is 0.187. The SMILES string of the molecule is COCCn1cc(C)nc1NC(CN(C)C)C(C)C. The predicted molar refractivity (Wildman–Crippen MR) is 79.6 cm³/mol. The Hall–Kier alpha value is -1.07. The van der Waals surface area contributed by atoms with Gasteiger partial charge in [-0.25, -0.2) is 4.98 Å². The number of hydrogen-bond donors (Lipinski definition) is 1. The minimum atomic E-state index is 0.387. The van der Waals surface area contributed by atoms with Gasteiger partial charge in [0.2, 0.25) is 5.95 Å². The van der Waals surface area contributed by atoms with Crippen LogP contribution in [0.15, 0.2) is 6.20 Å². The van der Waals surface area contributed by atoms with E-state index in [1.807, 2.05) is 6.92 Å². The van der Waals surface area contributed by atoms with Crippen LogP contribution in [0.3, 0.4) is 0 Å². The monoisotopic (exact) mass is 268 g/mol. The zero-order valence-electron chi connectivity index (χ0n) is 13.1. The fourth-order valence-corrected chi connectivity index (χ4v) is 2.00. The van der Waals surface area contributed by atoms with Gasteiger partial charge in [-0.1, -0.05) is 13.8 Å². The molecule has 0 bridgehead atoms. The molecule has 0 aliphatic rings. The van der Waals surface area contributed by atoms with Crippen LogP contribution >= 0.6 is 0 Å². The summed E-state index contributed by atoms with van der Waals surface area (Å²) in [4.78, 5) is 6.77. The van der Waals surface area contributed by atoms with E-state index >= 15 is 0 Å². The zero-order valence-corrected chi connectivity index (χ0v) is 13.1. The second kappa shape index (κ2) is 7.50. The number of anilines is 1. The first-order valence-corrected chi connectivity index (χ1v) is 6.88. The Kier molecular flexibility index (Phi) is 6.31. The van der Waals surface area contributed by atoms with Crippen molar-refractivity contribution < 1.29 is 4.74 Å². The molecule has 110 valence electrons. The zero-order chi connectivity index (χ0) is 14.4. The average Bonchev–Trinajstić information content (AvgIpc) is 2.65. The quantitative estimate of drug-likeness (QED) is 0.781. The molecular weight excluding hydrogens is 240 g/mol. The van der Waals surface area contributed by atoms with Gasteiger partial charge in [0.1, 0.15) is 0 Å². The van der Waals surface area contributed by atoms with E-state index in [9.17, 15) is 0 Å². The number of likely N-dealkylation sites (N-methyl/N-ethyl adjacent to an activating group) is 1. The largest absolute Gasteiger partial charge is 0.383 e. The lowest BCUT2D eigenvalue weighted by atomic mass is 10.0. The Bertz CT molecular complexity index is 374. The molecule has 0 fully saturated rings. The third-order valence-electron chi connectivity index (χ3n) is 3.11. The normalized spacial score (nSPS) is 13.3. The van der Waals surface area contributed by atoms with Crippen LogP contribution in [0.25, 0.3) is 0 Å². The molecule has 1 aromatic rings. The molecule has 0 saturated heterocycles. The summed E-state index contributed by atoms with van der Waals surface area (Å²) in [5, 5.41) is 3.56. The van der Waals surface area contributed by atoms with Crippen molar-refractivity contribution in [2.45, 2.75) is 33.4 Å². The minimum Gasteiger partial charge on any atom is -0.383 e. The first-order valence-electron chi connectivity index (χ1n) is 6.88. The number of aryl methyl sites for hydroxylation is 1. The smallest absolute Gasteiger partial charge is 0.203 e.